The summed E-state index contributed by atoms with van der Waals surface area (Å²) < 4.78 is 11.1. The highest BCUT2D eigenvalue weighted by Gasteiger charge is 2.23. The molecule has 0 radical (unpaired) electrons. The maximum absolute atomic E-state index is 12.5. The van der Waals surface area contributed by atoms with Crippen LogP contribution in [0, 0.1) is 0 Å². The van der Waals surface area contributed by atoms with Crippen molar-refractivity contribution in [3.63, 3.8) is 0 Å². The zero-order chi connectivity index (χ0) is 19.9. The molecule has 6 nitrogen and oxygen atoms in total. The highest BCUT2D eigenvalue weighted by molar-refractivity contribution is 5.74. The number of piperidine rings is 1. The number of urea groups is 1. The molecule has 28 heavy (non-hydrogen) atoms. The first-order valence-corrected chi connectivity index (χ1v) is 9.83. The van der Waals surface area contributed by atoms with Gasteiger partial charge in [0, 0.05) is 32.0 Å². The second-order valence-electron chi connectivity index (χ2n) is 7.35. The Kier molecular flexibility index (Phi) is 6.74. The van der Waals surface area contributed by atoms with Gasteiger partial charge in [-0.15, -0.1) is 0 Å². The van der Waals surface area contributed by atoms with Crippen LogP contribution in [0.1, 0.15) is 43.7 Å². The van der Waals surface area contributed by atoms with Crippen molar-refractivity contribution in [3.05, 3.63) is 53.9 Å². The van der Waals surface area contributed by atoms with Crippen molar-refractivity contribution in [1.82, 2.24) is 15.2 Å². The third-order valence-corrected chi connectivity index (χ3v) is 4.99. The lowest BCUT2D eigenvalue weighted by Crippen LogP contribution is -2.43. The number of amides is 2. The summed E-state index contributed by atoms with van der Waals surface area (Å²) in [5.74, 6) is 1.90. The van der Waals surface area contributed by atoms with Crippen LogP contribution in [0.25, 0.3) is 0 Å². The summed E-state index contributed by atoms with van der Waals surface area (Å²) in [4.78, 5) is 18.5. The fourth-order valence-electron chi connectivity index (χ4n) is 3.51. The van der Waals surface area contributed by atoms with Gasteiger partial charge in [0.1, 0.15) is 0 Å². The smallest absolute Gasteiger partial charge is 0.317 e. The van der Waals surface area contributed by atoms with Gasteiger partial charge >= 0.3 is 6.03 Å². The molecule has 1 aliphatic rings. The van der Waals surface area contributed by atoms with Gasteiger partial charge in [-0.2, -0.15) is 0 Å². The Morgan fingerprint density at radius 1 is 1.18 bits per heavy atom. The molecule has 6 heteroatoms. The van der Waals surface area contributed by atoms with Crippen LogP contribution < -0.4 is 14.8 Å². The average molecular weight is 383 g/mol. The van der Waals surface area contributed by atoms with E-state index in [9.17, 15) is 4.79 Å². The highest BCUT2D eigenvalue weighted by atomic mass is 16.5. The molecule has 0 spiro atoms. The maximum Gasteiger partial charge on any atom is 0.317 e. The summed E-state index contributed by atoms with van der Waals surface area (Å²) in [5.41, 5.74) is 2.29. The van der Waals surface area contributed by atoms with Crippen molar-refractivity contribution in [2.75, 3.05) is 20.2 Å². The standard InChI is InChI=1S/C22H29N3O3/c1-16(2)28-20-5-4-17(14-21(20)27-3)15-24-22(26)25-12-8-19(9-13-25)18-6-10-23-11-7-18/h4-7,10-11,14,16,19H,8-9,12-13,15H2,1-3H3,(H,24,26). The minimum absolute atomic E-state index is 0.0188. The summed E-state index contributed by atoms with van der Waals surface area (Å²) >= 11 is 0. The number of ether oxygens (including phenoxy) is 2. The molecule has 0 bridgehead atoms. The molecule has 0 aliphatic carbocycles. The van der Waals surface area contributed by atoms with Gasteiger partial charge in [-0.05, 0) is 68.0 Å². The first kappa shape index (κ1) is 20.0. The first-order chi connectivity index (χ1) is 13.6. The van der Waals surface area contributed by atoms with E-state index in [2.05, 4.69) is 22.4 Å². The molecule has 1 aliphatic heterocycles. The quantitative estimate of drug-likeness (QED) is 0.820. The maximum atomic E-state index is 12.5. The molecular weight excluding hydrogens is 354 g/mol. The topological polar surface area (TPSA) is 63.7 Å². The molecule has 2 heterocycles. The number of nitrogens with zero attached hydrogens (tertiary/aromatic N) is 2. The largest absolute Gasteiger partial charge is 0.493 e. The number of carbonyl (C=O) groups is 1. The van der Waals surface area contributed by atoms with E-state index >= 15 is 0 Å². The van der Waals surface area contributed by atoms with Gasteiger partial charge < -0.3 is 19.7 Å². The number of aromatic nitrogens is 1. The van der Waals surface area contributed by atoms with E-state index in [0.29, 0.717) is 24.0 Å². The van der Waals surface area contributed by atoms with E-state index in [-0.39, 0.29) is 12.1 Å². The third kappa shape index (κ3) is 5.15. The third-order valence-electron chi connectivity index (χ3n) is 4.99. The number of hydrogen-bond acceptors (Lipinski definition) is 4. The zero-order valence-electron chi connectivity index (χ0n) is 16.9. The predicted octanol–water partition coefficient (Wildman–Crippen LogP) is 3.97. The number of rotatable bonds is 6. The summed E-state index contributed by atoms with van der Waals surface area (Å²) in [6, 6.07) is 9.88. The van der Waals surface area contributed by atoms with Crippen molar-refractivity contribution >= 4 is 6.03 Å². The second-order valence-corrected chi connectivity index (χ2v) is 7.35. The summed E-state index contributed by atoms with van der Waals surface area (Å²) in [7, 11) is 1.62. The van der Waals surface area contributed by atoms with Gasteiger partial charge in [0.25, 0.3) is 0 Å². The molecule has 0 unspecified atom stereocenters. The Morgan fingerprint density at radius 3 is 2.54 bits per heavy atom. The molecule has 0 saturated carbocycles. The van der Waals surface area contributed by atoms with Crippen LogP contribution in [0.3, 0.4) is 0 Å². The molecule has 1 fully saturated rings. The Bertz CT molecular complexity index is 772. The minimum atomic E-state index is -0.0188. The van der Waals surface area contributed by atoms with Gasteiger partial charge in [0.2, 0.25) is 0 Å². The van der Waals surface area contributed by atoms with Crippen molar-refractivity contribution < 1.29 is 14.3 Å². The van der Waals surface area contributed by atoms with Crippen LogP contribution in [0.15, 0.2) is 42.7 Å². The van der Waals surface area contributed by atoms with E-state index in [4.69, 9.17) is 9.47 Å². The summed E-state index contributed by atoms with van der Waals surface area (Å²) in [6.45, 7) is 5.95. The van der Waals surface area contributed by atoms with E-state index in [1.165, 1.54) is 5.56 Å². The van der Waals surface area contributed by atoms with Crippen LogP contribution >= 0.6 is 0 Å². The number of likely N-dealkylation sites (tertiary alicyclic amines) is 1. The van der Waals surface area contributed by atoms with Crippen LogP contribution in [0.4, 0.5) is 4.79 Å². The van der Waals surface area contributed by atoms with Gasteiger partial charge in [0.05, 0.1) is 13.2 Å². The molecule has 1 aromatic carbocycles. The van der Waals surface area contributed by atoms with Crippen LogP contribution in [0.5, 0.6) is 11.5 Å². The lowest BCUT2D eigenvalue weighted by Gasteiger charge is -2.32. The van der Waals surface area contributed by atoms with Gasteiger partial charge in [-0.1, -0.05) is 6.07 Å². The van der Waals surface area contributed by atoms with E-state index < -0.39 is 0 Å². The van der Waals surface area contributed by atoms with E-state index in [0.717, 1.165) is 31.5 Å². The normalized spacial score (nSPS) is 14.8. The molecule has 1 N–H and O–H groups in total. The van der Waals surface area contributed by atoms with Crippen molar-refractivity contribution in [2.45, 2.75) is 45.3 Å². The number of hydrogen-bond donors (Lipinski definition) is 1. The number of nitrogens with one attached hydrogen (secondary N) is 1. The van der Waals surface area contributed by atoms with Crippen LogP contribution in [-0.2, 0) is 6.54 Å². The number of methoxy groups -OCH3 is 1. The highest BCUT2D eigenvalue weighted by Crippen LogP contribution is 2.29. The lowest BCUT2D eigenvalue weighted by atomic mass is 9.90. The molecule has 150 valence electrons. The fourth-order valence-corrected chi connectivity index (χ4v) is 3.51. The molecule has 2 aromatic rings. The van der Waals surface area contributed by atoms with Gasteiger partial charge in [-0.25, -0.2) is 4.79 Å². The molecule has 1 aromatic heterocycles. The minimum Gasteiger partial charge on any atom is -0.493 e. The molecule has 0 atom stereocenters. The number of carbonyl (C=O) groups excluding carboxylic acids is 1. The molecule has 1 saturated heterocycles. The number of benzene rings is 1. The van der Waals surface area contributed by atoms with Crippen molar-refractivity contribution in [1.29, 1.82) is 0 Å². The van der Waals surface area contributed by atoms with Gasteiger partial charge in [0.15, 0.2) is 11.5 Å². The Morgan fingerprint density at radius 2 is 1.89 bits per heavy atom. The molecule has 3 rings (SSSR count). The van der Waals surface area contributed by atoms with Gasteiger partial charge in [-0.3, -0.25) is 4.98 Å². The Balaban J connectivity index is 1.51. The monoisotopic (exact) mass is 383 g/mol. The predicted molar refractivity (Wildman–Crippen MR) is 109 cm³/mol. The zero-order valence-corrected chi connectivity index (χ0v) is 16.9. The SMILES string of the molecule is COc1cc(CNC(=O)N2CCC(c3ccncc3)CC2)ccc1OC(C)C. The second kappa shape index (κ2) is 9.44. The molecule has 2 amide bonds. The summed E-state index contributed by atoms with van der Waals surface area (Å²) in [6.07, 6.45) is 5.70. The Hall–Kier alpha value is -2.76. The number of pyridine rings is 1. The average Bonchev–Trinajstić information content (AvgIpc) is 2.73. The van der Waals surface area contributed by atoms with Crippen LogP contribution in [0.2, 0.25) is 0 Å². The Labute approximate surface area is 166 Å². The van der Waals surface area contributed by atoms with Crippen molar-refractivity contribution in [2.24, 2.45) is 0 Å². The first-order valence-electron chi connectivity index (χ1n) is 9.83. The van der Waals surface area contributed by atoms with Crippen LogP contribution in [-0.4, -0.2) is 42.2 Å². The van der Waals surface area contributed by atoms with Crippen molar-refractivity contribution in [3.8, 4) is 11.5 Å². The van der Waals surface area contributed by atoms with E-state index in [1.807, 2.05) is 49.3 Å². The fraction of sp³-hybridized carbons (Fsp3) is 0.455. The lowest BCUT2D eigenvalue weighted by molar-refractivity contribution is 0.181. The molecular formula is C22H29N3O3. The van der Waals surface area contributed by atoms with E-state index in [1.54, 1.807) is 7.11 Å². The summed E-state index contributed by atoms with van der Waals surface area (Å²) in [5, 5.41) is 3.02.